The molecule has 1 saturated carbocycles. The molecule has 1 N–H and O–H groups in total. The predicted octanol–water partition coefficient (Wildman–Crippen LogP) is 8.42. The molecule has 17 atom stereocenters. The first-order chi connectivity index (χ1) is 30.3. The topological polar surface area (TPSA) is 136 Å². The summed E-state index contributed by atoms with van der Waals surface area (Å²) in [6, 6.07) is 7.91. The Morgan fingerprint density at radius 1 is 0.921 bits per heavy atom. The monoisotopic (exact) mass is 913 g/mol. The number of hydrogen-bond donors (Lipinski definition) is 1. The molecule has 3 saturated heterocycles. The molecule has 6 aliphatic rings. The number of rotatable bonds is 11. The van der Waals surface area contributed by atoms with Crippen LogP contribution in [0.5, 0.6) is 0 Å². The number of carbonyl (C=O) groups excluding carboxylic acids is 2. The van der Waals surface area contributed by atoms with Crippen LogP contribution in [0.25, 0.3) is 0 Å². The van der Waals surface area contributed by atoms with Crippen molar-refractivity contribution in [3.05, 3.63) is 51.5 Å². The number of Topliss-reactive ketones (excluding diaryl/α,β-unsaturated/α-hetero) is 1. The maximum absolute atomic E-state index is 15.2. The standard InChI is InChI=1S/C48H68ClN3O10S/c1-10-29-15-12-16-37(62-39-18-17-36(52(5)6)25(3)58-39)24(2)42(54)34-22-32-31-20-30(61-47-45(57-9)44(56-8)43(55-7)26(4)59-47)21-35(31)46-41(40(32)33(34)23-38(53)60-29)51-48(63-46)50-28-14-11-13-27(49)19-28/h11,13-14,19,22,24-26,29-33,35-37,39-40,43-45,47H,10,12,15-18,20-21,23H2,1-9H3,(H,50,51)/t24-,25?,26?,29+,30+,31+,32+,33-,35?,36+,37+,39+,40?,43+,44?,45+,47+/m1/s1. The van der Waals surface area contributed by atoms with E-state index >= 15 is 4.79 Å². The van der Waals surface area contributed by atoms with Gasteiger partial charge in [-0.1, -0.05) is 37.6 Å². The van der Waals surface area contributed by atoms with Crippen molar-refractivity contribution in [3.8, 4) is 0 Å². The number of nitrogens with one attached hydrogen (secondary N) is 1. The van der Waals surface area contributed by atoms with Crippen molar-refractivity contribution in [1.82, 2.24) is 9.88 Å². The summed E-state index contributed by atoms with van der Waals surface area (Å²) < 4.78 is 50.5. The number of methoxy groups -OCH3 is 3. The van der Waals surface area contributed by atoms with Crippen LogP contribution < -0.4 is 5.32 Å². The zero-order valence-corrected chi connectivity index (χ0v) is 39.9. The zero-order chi connectivity index (χ0) is 44.7. The number of ketones is 1. The van der Waals surface area contributed by atoms with Crippen LogP contribution in [0.15, 0.2) is 35.9 Å². The van der Waals surface area contributed by atoms with Gasteiger partial charge in [0.2, 0.25) is 0 Å². The van der Waals surface area contributed by atoms with Gasteiger partial charge < -0.3 is 48.1 Å². The predicted molar refractivity (Wildman–Crippen MR) is 240 cm³/mol. The minimum atomic E-state index is -0.675. The maximum Gasteiger partial charge on any atom is 0.306 e. The lowest BCUT2D eigenvalue weighted by Crippen LogP contribution is -2.59. The lowest BCUT2D eigenvalue weighted by Gasteiger charge is -2.44. The van der Waals surface area contributed by atoms with E-state index in [1.165, 1.54) is 0 Å². The summed E-state index contributed by atoms with van der Waals surface area (Å²) in [4.78, 5) is 38.0. The van der Waals surface area contributed by atoms with Gasteiger partial charge >= 0.3 is 5.97 Å². The van der Waals surface area contributed by atoms with Crippen molar-refractivity contribution in [2.45, 2.75) is 165 Å². The minimum Gasteiger partial charge on any atom is -0.462 e. The largest absolute Gasteiger partial charge is 0.462 e. The number of allylic oxidation sites excluding steroid dienone is 2. The number of esters is 1. The fraction of sp³-hybridized carbons (Fsp3) is 0.729. The van der Waals surface area contributed by atoms with Crippen LogP contribution in [0.1, 0.15) is 108 Å². The van der Waals surface area contributed by atoms with Gasteiger partial charge in [0.25, 0.3) is 0 Å². The molecule has 5 unspecified atom stereocenters. The van der Waals surface area contributed by atoms with Gasteiger partial charge in [0.15, 0.2) is 23.5 Å². The fourth-order valence-electron chi connectivity index (χ4n) is 11.8. The van der Waals surface area contributed by atoms with Gasteiger partial charge in [0, 0.05) is 66.6 Å². The summed E-state index contributed by atoms with van der Waals surface area (Å²) in [7, 11) is 9.13. The van der Waals surface area contributed by atoms with Crippen molar-refractivity contribution in [2.75, 3.05) is 40.7 Å². The Kier molecular flexibility index (Phi) is 15.0. The molecule has 4 fully saturated rings. The Morgan fingerprint density at radius 3 is 2.40 bits per heavy atom. The van der Waals surface area contributed by atoms with E-state index in [-0.39, 0.29) is 84.6 Å². The van der Waals surface area contributed by atoms with Gasteiger partial charge in [-0.3, -0.25) is 9.59 Å². The molecule has 4 heterocycles. The van der Waals surface area contributed by atoms with Crippen molar-refractivity contribution >= 4 is 45.5 Å². The van der Waals surface area contributed by atoms with Crippen LogP contribution in [0.3, 0.4) is 0 Å². The molecule has 63 heavy (non-hydrogen) atoms. The quantitative estimate of drug-likeness (QED) is 0.216. The van der Waals surface area contributed by atoms with E-state index in [0.717, 1.165) is 53.5 Å². The number of fused-ring (bicyclic) bond motifs is 8. The Morgan fingerprint density at radius 2 is 1.70 bits per heavy atom. The number of carbonyl (C=O) groups is 2. The van der Waals surface area contributed by atoms with E-state index in [2.05, 4.69) is 44.2 Å². The number of aromatic nitrogens is 1. The Bertz CT molecular complexity index is 1950. The third kappa shape index (κ3) is 9.69. The van der Waals surface area contributed by atoms with Gasteiger partial charge in [-0.05, 0) is 115 Å². The van der Waals surface area contributed by atoms with Gasteiger partial charge in [0.1, 0.15) is 24.4 Å². The zero-order valence-electron chi connectivity index (χ0n) is 38.3. The number of ether oxygens (including phenoxy) is 8. The molecule has 3 aliphatic carbocycles. The average molecular weight is 915 g/mol. The highest BCUT2D eigenvalue weighted by atomic mass is 35.5. The SMILES string of the molecule is CC[C@H]1CCC[C@H](O[C@H]2CC[C@H](N(C)C)C(C)O2)[C@@H](C)C(=O)C2=C[C@@H]3C(c4nc(Nc5cccc(Cl)c5)sc4C4C[C@@H](O[C@@H]5OC(C)[C@H](OC)C(OC)[C@@H]5OC)C[C@H]43)[C@@H]2CC(=O)O1. The first-order valence-electron chi connectivity index (χ1n) is 23.2. The third-order valence-electron chi connectivity index (χ3n) is 15.0. The molecule has 0 bridgehead atoms. The highest BCUT2D eigenvalue weighted by Gasteiger charge is 2.57. The van der Waals surface area contributed by atoms with Crippen LogP contribution >= 0.6 is 22.9 Å². The Balaban J connectivity index is 1.13. The van der Waals surface area contributed by atoms with Crippen molar-refractivity contribution in [3.63, 3.8) is 0 Å². The second kappa shape index (κ2) is 20.2. The summed E-state index contributed by atoms with van der Waals surface area (Å²) in [5.41, 5.74) is 2.46. The van der Waals surface area contributed by atoms with Crippen molar-refractivity contribution in [1.29, 1.82) is 0 Å². The van der Waals surface area contributed by atoms with Crippen LogP contribution in [0.2, 0.25) is 5.02 Å². The molecule has 1 aromatic carbocycles. The van der Waals surface area contributed by atoms with Crippen LogP contribution in [0.4, 0.5) is 10.8 Å². The van der Waals surface area contributed by atoms with E-state index in [4.69, 9.17) is 54.5 Å². The lowest BCUT2D eigenvalue weighted by atomic mass is 9.67. The molecule has 13 nitrogen and oxygen atoms in total. The van der Waals surface area contributed by atoms with E-state index in [0.29, 0.717) is 35.9 Å². The van der Waals surface area contributed by atoms with E-state index in [9.17, 15) is 4.79 Å². The highest BCUT2D eigenvalue weighted by molar-refractivity contribution is 7.15. The summed E-state index contributed by atoms with van der Waals surface area (Å²) in [5.74, 6) is -1.18. The normalized spacial score (nSPS) is 39.6. The van der Waals surface area contributed by atoms with Gasteiger partial charge in [-0.25, -0.2) is 4.98 Å². The molecule has 3 aliphatic heterocycles. The van der Waals surface area contributed by atoms with Crippen LogP contribution in [-0.2, 0) is 47.5 Å². The Hall–Kier alpha value is -2.50. The highest BCUT2D eigenvalue weighted by Crippen LogP contribution is 2.63. The number of likely N-dealkylation sites (N-methyl/N-ethyl adjacent to an activating group) is 1. The molecule has 0 amide bonds. The van der Waals surface area contributed by atoms with Crippen molar-refractivity contribution < 1.29 is 47.5 Å². The number of nitrogens with zero attached hydrogens (tertiary/aromatic N) is 2. The summed E-state index contributed by atoms with van der Waals surface area (Å²) in [6.07, 6.45) is 5.00. The molecule has 348 valence electrons. The lowest BCUT2D eigenvalue weighted by molar-refractivity contribution is -0.314. The number of anilines is 2. The van der Waals surface area contributed by atoms with E-state index in [1.807, 2.05) is 38.1 Å². The number of benzene rings is 1. The molecule has 0 radical (unpaired) electrons. The minimum absolute atomic E-state index is 0.000184. The van der Waals surface area contributed by atoms with Gasteiger partial charge in [0.05, 0.1) is 36.5 Å². The molecule has 0 spiro atoms. The summed E-state index contributed by atoms with van der Waals surface area (Å²) >= 11 is 8.05. The summed E-state index contributed by atoms with van der Waals surface area (Å²) in [6.45, 7) is 8.14. The molecule has 8 rings (SSSR count). The smallest absolute Gasteiger partial charge is 0.306 e. The molecule has 1 aromatic heterocycles. The second-order valence-corrected chi connectivity index (χ2v) is 20.4. The third-order valence-corrected chi connectivity index (χ3v) is 16.3. The van der Waals surface area contributed by atoms with E-state index in [1.54, 1.807) is 32.7 Å². The number of halogens is 1. The molecular formula is C48H68ClN3O10S. The van der Waals surface area contributed by atoms with Crippen molar-refractivity contribution in [2.24, 2.45) is 23.7 Å². The second-order valence-electron chi connectivity index (χ2n) is 18.9. The average Bonchev–Trinajstić information content (AvgIpc) is 3.97. The molecule has 15 heteroatoms. The molecular weight excluding hydrogens is 846 g/mol. The number of thiazole rings is 1. The van der Waals surface area contributed by atoms with Gasteiger partial charge in [-0.2, -0.15) is 0 Å². The first-order valence-corrected chi connectivity index (χ1v) is 24.4. The Labute approximate surface area is 382 Å². The first kappa shape index (κ1) is 47.0. The summed E-state index contributed by atoms with van der Waals surface area (Å²) in [5, 5.41) is 4.89. The number of hydrogen-bond acceptors (Lipinski definition) is 14. The maximum atomic E-state index is 15.2. The number of cyclic esters (lactones) is 1. The van der Waals surface area contributed by atoms with Crippen LogP contribution in [0, 0.1) is 23.7 Å². The fourth-order valence-corrected chi connectivity index (χ4v) is 13.2. The van der Waals surface area contributed by atoms with E-state index < -0.39 is 30.5 Å². The van der Waals surface area contributed by atoms with Crippen LogP contribution in [-0.4, -0.2) is 125 Å². The molecule has 2 aromatic rings. The van der Waals surface area contributed by atoms with Gasteiger partial charge in [-0.15, -0.1) is 11.3 Å².